The van der Waals surface area contributed by atoms with Crippen molar-refractivity contribution < 1.29 is 48.1 Å². The van der Waals surface area contributed by atoms with Gasteiger partial charge in [0.05, 0.1) is 37.7 Å². The molecule has 1 fully saturated rings. The zero-order valence-corrected chi connectivity index (χ0v) is 45.6. The van der Waals surface area contributed by atoms with Crippen molar-refractivity contribution >= 4 is 46.9 Å². The number of amides is 5. The van der Waals surface area contributed by atoms with Crippen LogP contribution in [0.2, 0.25) is 0 Å². The van der Waals surface area contributed by atoms with E-state index in [4.69, 9.17) is 5.73 Å². The Hall–Kier alpha value is -5.40. The topological polar surface area (TPSA) is 270 Å². The minimum Gasteiger partial charge on any atom is -0.396 e. The molecule has 5 amide bonds. The summed E-state index contributed by atoms with van der Waals surface area (Å²) in [6.45, 7) is 13.7. The highest BCUT2D eigenvalue weighted by molar-refractivity contribution is 5.96. The highest BCUT2D eigenvalue weighted by Crippen LogP contribution is 2.31. The second-order valence-electron chi connectivity index (χ2n) is 21.1. The number of nitrogens with two attached hydrogens (primary N) is 1. The Labute approximate surface area is 440 Å². The molecule has 0 saturated heterocycles. The normalized spacial score (nSPS) is 15.0. The molecular weight excluding hydrogens is 945 g/mol. The minimum atomic E-state index is -1.19. The van der Waals surface area contributed by atoms with Crippen molar-refractivity contribution in [2.45, 2.75) is 175 Å². The molecule has 19 heteroatoms. The van der Waals surface area contributed by atoms with Crippen molar-refractivity contribution in [3.05, 3.63) is 47.8 Å². The third kappa shape index (κ3) is 23.9. The van der Waals surface area contributed by atoms with Gasteiger partial charge in [-0.05, 0) is 103 Å². The lowest BCUT2D eigenvalue weighted by molar-refractivity contribution is -0.753. The maximum absolute atomic E-state index is 14.5. The summed E-state index contributed by atoms with van der Waals surface area (Å²) in [7, 11) is 1.86. The first-order valence-electron chi connectivity index (χ1n) is 27.3. The smallest absolute Gasteiger partial charge is 0.237 e. The summed E-state index contributed by atoms with van der Waals surface area (Å²) in [5.41, 5.74) is 6.87. The zero-order valence-electron chi connectivity index (χ0n) is 45.6. The van der Waals surface area contributed by atoms with Crippen LogP contribution in [-0.4, -0.2) is 137 Å². The van der Waals surface area contributed by atoms with Crippen LogP contribution in [0.4, 0.5) is 0 Å². The maximum atomic E-state index is 14.5. The summed E-state index contributed by atoms with van der Waals surface area (Å²) in [5, 5.41) is 29.1. The number of H-pyrrole nitrogens is 1. The highest BCUT2D eigenvalue weighted by atomic mass is 16.3. The molecule has 3 rings (SSSR count). The SMILES string of the molecule is CCN(CCCC[C@H](NC(=O)[C@@H](CC(=O)[C@H](C)NC(=O)[C@@H](CC(=O)CC(C)C)Cc1ccccc1)CC1CCCCC1)C(=O)CC(CO)C(=O)NCCC(=O)N(CC(N)=O)Cc1c[n+](CCCNC)[nH]n1)C(C)C. The fourth-order valence-corrected chi connectivity index (χ4v) is 9.78. The van der Waals surface area contributed by atoms with Gasteiger partial charge in [-0.25, -0.2) is 0 Å². The molecule has 0 spiro atoms. The Morgan fingerprint density at radius 3 is 2.15 bits per heavy atom. The Morgan fingerprint density at radius 1 is 0.824 bits per heavy atom. The summed E-state index contributed by atoms with van der Waals surface area (Å²) >= 11 is 0. The Morgan fingerprint density at radius 2 is 1.51 bits per heavy atom. The third-order valence-electron chi connectivity index (χ3n) is 14.0. The average molecular weight is 1040 g/mol. The van der Waals surface area contributed by atoms with Crippen LogP contribution in [-0.2, 0) is 57.9 Å². The number of aromatic nitrogens is 3. The molecule has 1 aliphatic carbocycles. The van der Waals surface area contributed by atoms with E-state index in [9.17, 15) is 43.5 Å². The van der Waals surface area contributed by atoms with Crippen molar-refractivity contribution in [2.75, 3.05) is 46.4 Å². The number of aryl methyl sites for hydroxylation is 1. The second kappa shape index (κ2) is 34.2. The van der Waals surface area contributed by atoms with Gasteiger partial charge in [0.2, 0.25) is 35.2 Å². The number of hydrogen-bond acceptors (Lipinski definition) is 12. The zero-order chi connectivity index (χ0) is 54.6. The van der Waals surface area contributed by atoms with Gasteiger partial charge >= 0.3 is 0 Å². The monoisotopic (exact) mass is 1040 g/mol. The van der Waals surface area contributed by atoms with E-state index in [0.29, 0.717) is 44.0 Å². The number of hydrogen-bond donors (Lipinski definition) is 7. The first-order chi connectivity index (χ1) is 35.3. The molecule has 8 N–H and O–H groups in total. The van der Waals surface area contributed by atoms with Gasteiger partial charge in [0, 0.05) is 61.6 Å². The van der Waals surface area contributed by atoms with Crippen LogP contribution in [0.25, 0.3) is 0 Å². The molecule has 1 aromatic carbocycles. The number of nitrogens with one attached hydrogen (secondary N) is 5. The van der Waals surface area contributed by atoms with Gasteiger partial charge in [-0.2, -0.15) is 4.68 Å². The number of aromatic amines is 1. The Bertz CT molecular complexity index is 2060. The summed E-state index contributed by atoms with van der Waals surface area (Å²) in [6, 6.07) is 7.79. The molecule has 1 unspecified atom stereocenters. The first kappa shape index (κ1) is 62.9. The molecule has 1 aromatic heterocycles. The van der Waals surface area contributed by atoms with Crippen molar-refractivity contribution in [1.29, 1.82) is 0 Å². The van der Waals surface area contributed by atoms with Gasteiger partial charge in [-0.15, -0.1) is 0 Å². The van der Waals surface area contributed by atoms with Crippen molar-refractivity contribution in [3.8, 4) is 0 Å². The molecule has 0 bridgehead atoms. The minimum absolute atomic E-state index is 0.00277. The first-order valence-corrected chi connectivity index (χ1v) is 27.3. The van der Waals surface area contributed by atoms with Crippen LogP contribution in [0.5, 0.6) is 0 Å². The highest BCUT2D eigenvalue weighted by Gasteiger charge is 2.34. The number of carbonyl (C=O) groups excluding carboxylic acids is 8. The van der Waals surface area contributed by atoms with Gasteiger partial charge in [0.15, 0.2) is 17.8 Å². The lowest BCUT2D eigenvalue weighted by atomic mass is 9.80. The van der Waals surface area contributed by atoms with Gasteiger partial charge in [-0.1, -0.05) is 88.4 Å². The Kier molecular flexibility index (Phi) is 29.1. The van der Waals surface area contributed by atoms with E-state index < -0.39 is 78.2 Å². The van der Waals surface area contributed by atoms with E-state index >= 15 is 0 Å². The number of unbranched alkanes of at least 4 members (excludes halogenated alkanes) is 1. The van der Waals surface area contributed by atoms with Crippen LogP contribution in [0.3, 0.4) is 0 Å². The fraction of sp³-hybridized carbons (Fsp3) is 0.709. The van der Waals surface area contributed by atoms with Crippen LogP contribution < -0.4 is 31.7 Å². The molecule has 1 heterocycles. The van der Waals surface area contributed by atoms with E-state index in [-0.39, 0.29) is 68.7 Å². The second-order valence-corrected chi connectivity index (χ2v) is 21.1. The average Bonchev–Trinajstić information content (AvgIpc) is 3.81. The molecule has 0 radical (unpaired) electrons. The molecule has 74 heavy (non-hydrogen) atoms. The molecule has 0 aliphatic heterocycles. The van der Waals surface area contributed by atoms with Gasteiger partial charge in [0.1, 0.15) is 12.3 Å². The summed E-state index contributed by atoms with van der Waals surface area (Å²) in [5.74, 6) is -5.87. The number of primary amides is 1. The molecule has 5 atom stereocenters. The molecule has 19 nitrogen and oxygen atoms in total. The van der Waals surface area contributed by atoms with E-state index in [2.05, 4.69) is 57.3 Å². The van der Waals surface area contributed by atoms with E-state index in [0.717, 1.165) is 70.1 Å². The van der Waals surface area contributed by atoms with Crippen LogP contribution in [0, 0.1) is 29.6 Å². The van der Waals surface area contributed by atoms with E-state index in [1.54, 1.807) is 17.8 Å². The molecular formula is C55H91N10O9+. The quantitative estimate of drug-likeness (QED) is 0.0377. The molecule has 1 saturated carbocycles. The standard InChI is InChI=1S/C55H90N10O9/c1-8-63(39(4)5)26-16-15-22-48(50(69)33-45(37-66)53(72)58-25-23-52(71)64(36-51(56)70)34-46-35-65(62-61-46)27-17-24-57-7)60-55(74)44(30-42-20-13-10-14-21-42)32-49(68)40(6)59-54(73)43(31-47(67)28-38(2)3)29-41-18-11-9-12-19-41/h9,11-12,18-19,35,38-40,42-45,48,57,66H,8,10,13-17,20-34,36-37H2,1-7H3,(H5,56,58,59,60,70,72,73,74)/p+1/t40-,43+,44+,45?,48-/m0/s1. The number of aliphatic hydroxyl groups is 1. The maximum Gasteiger partial charge on any atom is 0.237 e. The number of benzene rings is 1. The van der Waals surface area contributed by atoms with Gasteiger partial charge < -0.3 is 41.9 Å². The predicted molar refractivity (Wildman–Crippen MR) is 283 cm³/mol. The number of carbonyl (C=O) groups is 8. The lowest BCUT2D eigenvalue weighted by Crippen LogP contribution is -2.47. The number of rotatable bonds is 38. The fourth-order valence-electron chi connectivity index (χ4n) is 9.78. The number of nitrogens with zero attached hydrogens (tertiary/aromatic N) is 4. The lowest BCUT2D eigenvalue weighted by Gasteiger charge is -2.29. The van der Waals surface area contributed by atoms with Gasteiger partial charge in [0.25, 0.3) is 0 Å². The number of aliphatic hydroxyl groups excluding tert-OH is 1. The van der Waals surface area contributed by atoms with E-state index in [1.807, 2.05) is 51.2 Å². The number of Topliss-reactive ketones (excluding diaryl/α,β-unsaturated/α-hetero) is 3. The Balaban J connectivity index is 1.76. The summed E-state index contributed by atoms with van der Waals surface area (Å²) < 4.78 is 1.77. The summed E-state index contributed by atoms with van der Waals surface area (Å²) in [4.78, 5) is 112. The van der Waals surface area contributed by atoms with Crippen molar-refractivity contribution in [2.24, 2.45) is 35.3 Å². The van der Waals surface area contributed by atoms with Crippen LogP contribution >= 0.6 is 0 Å². The molecule has 1 aliphatic rings. The van der Waals surface area contributed by atoms with Crippen LogP contribution in [0.1, 0.15) is 149 Å². The number of ketones is 3. The molecule has 414 valence electrons. The third-order valence-corrected chi connectivity index (χ3v) is 14.0. The van der Waals surface area contributed by atoms with E-state index in [1.165, 1.54) is 4.90 Å². The van der Waals surface area contributed by atoms with Gasteiger partial charge in [-0.3, -0.25) is 38.4 Å². The molecule has 2 aromatic rings. The van der Waals surface area contributed by atoms with Crippen molar-refractivity contribution in [3.63, 3.8) is 0 Å². The predicted octanol–water partition coefficient (Wildman–Crippen LogP) is 3.49. The van der Waals surface area contributed by atoms with Crippen LogP contribution in [0.15, 0.2) is 36.5 Å². The van der Waals surface area contributed by atoms with Crippen molar-refractivity contribution in [1.82, 2.24) is 41.4 Å². The largest absolute Gasteiger partial charge is 0.396 e. The summed E-state index contributed by atoms with van der Waals surface area (Å²) in [6.07, 6.45) is 9.47.